The number of guanidine groups is 1. The highest BCUT2D eigenvalue weighted by Gasteiger charge is 2.38. The zero-order valence-corrected chi connectivity index (χ0v) is 18.3. The van der Waals surface area contributed by atoms with Gasteiger partial charge in [0.2, 0.25) is 0 Å². The van der Waals surface area contributed by atoms with Gasteiger partial charge in [-0.25, -0.2) is 0 Å². The Hall–Kier alpha value is -0.180. The van der Waals surface area contributed by atoms with Crippen molar-refractivity contribution >= 4 is 47.7 Å². The Kier molecular flexibility index (Phi) is 9.77. The fourth-order valence-corrected chi connectivity index (χ4v) is 5.02. The molecule has 1 aliphatic carbocycles. The van der Waals surface area contributed by atoms with Crippen molar-refractivity contribution < 1.29 is 9.53 Å². The van der Waals surface area contributed by atoms with Crippen LogP contribution in [-0.4, -0.2) is 60.6 Å². The van der Waals surface area contributed by atoms with E-state index in [1.807, 2.05) is 6.92 Å². The Bertz CT molecular complexity index is 423. The quantitative estimate of drug-likeness (QED) is 0.297. The van der Waals surface area contributed by atoms with Crippen LogP contribution in [0.4, 0.5) is 0 Å². The Morgan fingerprint density at radius 2 is 2.08 bits per heavy atom. The molecule has 1 unspecified atom stereocenters. The number of thioether (sulfide) groups is 1. The summed E-state index contributed by atoms with van der Waals surface area (Å²) in [5, 5.41) is 3.40. The van der Waals surface area contributed by atoms with Gasteiger partial charge in [-0.2, -0.15) is 11.8 Å². The van der Waals surface area contributed by atoms with E-state index in [0.29, 0.717) is 11.3 Å². The highest BCUT2D eigenvalue weighted by Crippen LogP contribution is 2.42. The number of hydrogen-bond donors (Lipinski definition) is 1. The van der Waals surface area contributed by atoms with Crippen molar-refractivity contribution in [3.63, 3.8) is 0 Å². The summed E-state index contributed by atoms with van der Waals surface area (Å²) in [4.78, 5) is 18.7. The molecule has 2 aliphatic rings. The van der Waals surface area contributed by atoms with Crippen molar-refractivity contribution in [3.8, 4) is 0 Å². The van der Waals surface area contributed by atoms with Gasteiger partial charge in [0.05, 0.1) is 19.6 Å². The molecule has 140 valence electrons. The average Bonchev–Trinajstić information content (AvgIpc) is 2.58. The molecule has 5 nitrogen and oxygen atoms in total. The zero-order valence-electron chi connectivity index (χ0n) is 15.2. The molecule has 2 fully saturated rings. The fourth-order valence-electron chi connectivity index (χ4n) is 3.45. The first kappa shape index (κ1) is 21.9. The summed E-state index contributed by atoms with van der Waals surface area (Å²) >= 11 is 2.16. The summed E-state index contributed by atoms with van der Waals surface area (Å²) in [6.07, 6.45) is 6.74. The zero-order chi connectivity index (χ0) is 16.7. The van der Waals surface area contributed by atoms with Gasteiger partial charge in [-0.15, -0.1) is 24.0 Å². The summed E-state index contributed by atoms with van der Waals surface area (Å²) in [5.74, 6) is 1.73. The van der Waals surface area contributed by atoms with Crippen LogP contribution in [0.3, 0.4) is 0 Å². The number of aliphatic imine (C=N–C) groups is 1. The Labute approximate surface area is 167 Å². The van der Waals surface area contributed by atoms with Crippen LogP contribution in [0.1, 0.15) is 46.0 Å². The Balaban J connectivity index is 0.00000288. The van der Waals surface area contributed by atoms with Crippen LogP contribution < -0.4 is 5.32 Å². The van der Waals surface area contributed by atoms with E-state index in [0.717, 1.165) is 31.3 Å². The Morgan fingerprint density at radius 3 is 2.71 bits per heavy atom. The van der Waals surface area contributed by atoms with Gasteiger partial charge in [-0.05, 0) is 19.8 Å². The molecule has 1 atom stereocenters. The predicted octanol–water partition coefficient (Wildman–Crippen LogP) is 3.13. The molecule has 1 saturated carbocycles. The highest BCUT2D eigenvalue weighted by atomic mass is 127. The van der Waals surface area contributed by atoms with Gasteiger partial charge in [-0.1, -0.05) is 26.2 Å². The fraction of sp³-hybridized carbons (Fsp3) is 0.882. The predicted molar refractivity (Wildman–Crippen MR) is 112 cm³/mol. The molecule has 2 rings (SSSR count). The molecule has 0 aromatic carbocycles. The third-order valence-corrected chi connectivity index (χ3v) is 6.30. The molecular weight excluding hydrogens is 437 g/mol. The number of halogens is 1. The van der Waals surface area contributed by atoms with Crippen LogP contribution in [0, 0.1) is 5.92 Å². The van der Waals surface area contributed by atoms with Crippen LogP contribution in [0.5, 0.6) is 0 Å². The van der Waals surface area contributed by atoms with E-state index < -0.39 is 0 Å². The summed E-state index contributed by atoms with van der Waals surface area (Å²) in [5.41, 5.74) is 0. The standard InChI is InChI=1S/C17H31N3O2S.HI/c1-4-18-16(19-12-14(2)15(21)22-3)20-10-11-23-17(13-20)8-6-5-7-9-17;/h14H,4-13H2,1-3H3,(H,18,19);1H. The van der Waals surface area contributed by atoms with Crippen molar-refractivity contribution in [2.45, 2.75) is 50.7 Å². The van der Waals surface area contributed by atoms with E-state index >= 15 is 0 Å². The number of rotatable bonds is 4. The first-order chi connectivity index (χ1) is 11.1. The van der Waals surface area contributed by atoms with Crippen molar-refractivity contribution in [2.24, 2.45) is 10.9 Å². The summed E-state index contributed by atoms with van der Waals surface area (Å²) in [7, 11) is 1.43. The lowest BCUT2D eigenvalue weighted by molar-refractivity contribution is -0.144. The molecule has 24 heavy (non-hydrogen) atoms. The van der Waals surface area contributed by atoms with Crippen molar-refractivity contribution in [3.05, 3.63) is 0 Å². The van der Waals surface area contributed by atoms with Gasteiger partial charge >= 0.3 is 5.97 Å². The van der Waals surface area contributed by atoms with Crippen molar-refractivity contribution in [1.82, 2.24) is 10.2 Å². The summed E-state index contributed by atoms with van der Waals surface area (Å²) in [6.45, 7) is 7.40. The molecule has 0 radical (unpaired) electrons. The number of carbonyl (C=O) groups is 1. The van der Waals surface area contributed by atoms with Crippen LogP contribution in [-0.2, 0) is 9.53 Å². The number of carbonyl (C=O) groups excluding carboxylic acids is 1. The molecule has 0 amide bonds. The number of ether oxygens (including phenoxy) is 1. The summed E-state index contributed by atoms with van der Waals surface area (Å²) < 4.78 is 5.21. The van der Waals surface area contributed by atoms with E-state index in [9.17, 15) is 4.79 Å². The van der Waals surface area contributed by atoms with Crippen LogP contribution >= 0.6 is 35.7 Å². The second-order valence-corrected chi connectivity index (χ2v) is 8.20. The minimum atomic E-state index is -0.198. The number of nitrogens with one attached hydrogen (secondary N) is 1. The molecule has 0 aromatic rings. The number of methoxy groups -OCH3 is 1. The molecule has 1 spiro atoms. The number of nitrogens with zero attached hydrogens (tertiary/aromatic N) is 2. The monoisotopic (exact) mass is 469 g/mol. The lowest BCUT2D eigenvalue weighted by atomic mass is 9.87. The highest BCUT2D eigenvalue weighted by molar-refractivity contribution is 14.0. The van der Waals surface area contributed by atoms with Crippen LogP contribution in [0.15, 0.2) is 4.99 Å². The van der Waals surface area contributed by atoms with Gasteiger partial charge in [0.15, 0.2) is 5.96 Å². The molecule has 1 N–H and O–H groups in total. The van der Waals surface area contributed by atoms with Crippen molar-refractivity contribution in [1.29, 1.82) is 0 Å². The van der Waals surface area contributed by atoms with E-state index in [-0.39, 0.29) is 35.9 Å². The minimum Gasteiger partial charge on any atom is -0.469 e. The van der Waals surface area contributed by atoms with Gasteiger partial charge in [0.25, 0.3) is 0 Å². The lowest BCUT2D eigenvalue weighted by Gasteiger charge is -2.45. The van der Waals surface area contributed by atoms with E-state index in [1.165, 1.54) is 39.2 Å². The lowest BCUT2D eigenvalue weighted by Crippen LogP contribution is -2.53. The third-order valence-electron chi connectivity index (χ3n) is 4.77. The van der Waals surface area contributed by atoms with Gasteiger partial charge < -0.3 is 15.0 Å². The first-order valence-corrected chi connectivity index (χ1v) is 9.84. The molecule has 1 saturated heterocycles. The number of esters is 1. The summed E-state index contributed by atoms with van der Waals surface area (Å²) in [6, 6.07) is 0. The maximum Gasteiger partial charge on any atom is 0.310 e. The van der Waals surface area contributed by atoms with Gasteiger partial charge in [0, 0.05) is 30.1 Å². The average molecular weight is 469 g/mol. The first-order valence-electron chi connectivity index (χ1n) is 8.85. The van der Waals surface area contributed by atoms with E-state index in [1.54, 1.807) is 0 Å². The molecule has 1 heterocycles. The molecular formula is C17H32IN3O2S. The largest absolute Gasteiger partial charge is 0.469 e. The Morgan fingerprint density at radius 1 is 1.38 bits per heavy atom. The smallest absolute Gasteiger partial charge is 0.310 e. The van der Waals surface area contributed by atoms with Crippen LogP contribution in [0.2, 0.25) is 0 Å². The topological polar surface area (TPSA) is 53.9 Å². The maximum atomic E-state index is 11.6. The third kappa shape index (κ3) is 5.97. The number of hydrogen-bond acceptors (Lipinski definition) is 4. The van der Waals surface area contributed by atoms with Gasteiger partial charge in [-0.3, -0.25) is 9.79 Å². The maximum absolute atomic E-state index is 11.6. The normalized spacial score (nSPS) is 21.8. The molecule has 0 aromatic heterocycles. The molecule has 0 bridgehead atoms. The van der Waals surface area contributed by atoms with Gasteiger partial charge in [0.1, 0.15) is 0 Å². The van der Waals surface area contributed by atoms with Crippen molar-refractivity contribution in [2.75, 3.05) is 39.0 Å². The molecule has 1 aliphatic heterocycles. The molecule has 7 heteroatoms. The second kappa shape index (κ2) is 10.7. The minimum absolute atomic E-state index is 0. The van der Waals surface area contributed by atoms with E-state index in [2.05, 4.69) is 28.9 Å². The SMILES string of the molecule is CCNC(=NCC(C)C(=O)OC)N1CCSC2(CCCCC2)C1.I. The second-order valence-electron chi connectivity index (χ2n) is 6.63. The van der Waals surface area contributed by atoms with E-state index in [4.69, 9.17) is 9.73 Å². The van der Waals surface area contributed by atoms with Crippen LogP contribution in [0.25, 0.3) is 0 Å².